The molecule has 8 heteroatoms. The van der Waals surface area contributed by atoms with Crippen LogP contribution in [0.5, 0.6) is 5.75 Å². The Morgan fingerprint density at radius 1 is 1.11 bits per heavy atom. The lowest BCUT2D eigenvalue weighted by Gasteiger charge is -2.38. The summed E-state index contributed by atoms with van der Waals surface area (Å²) in [7, 11) is 0. The van der Waals surface area contributed by atoms with Crippen LogP contribution < -0.4 is 5.32 Å². The fraction of sp³-hybridized carbons (Fsp3) is 0.263. The van der Waals surface area contributed by atoms with E-state index in [1.165, 1.54) is 24.3 Å². The zero-order chi connectivity index (χ0) is 19.3. The number of anilines is 1. The number of phenols is 1. The monoisotopic (exact) mass is 367 g/mol. The molecule has 3 unspecified atom stereocenters. The van der Waals surface area contributed by atoms with E-state index in [4.69, 9.17) is 0 Å². The maximum atomic E-state index is 11.3. The predicted octanol–water partition coefficient (Wildman–Crippen LogP) is 4.34. The Labute approximate surface area is 154 Å². The average molecular weight is 367 g/mol. The second kappa shape index (κ2) is 6.08. The second-order valence-electron chi connectivity index (χ2n) is 6.91. The van der Waals surface area contributed by atoms with Gasteiger partial charge in [-0.1, -0.05) is 12.2 Å². The highest BCUT2D eigenvalue weighted by molar-refractivity contribution is 5.70. The molecule has 138 valence electrons. The van der Waals surface area contributed by atoms with Crippen molar-refractivity contribution in [2.45, 2.75) is 25.3 Å². The van der Waals surface area contributed by atoms with Crippen LogP contribution in [0.25, 0.3) is 0 Å². The van der Waals surface area contributed by atoms with E-state index >= 15 is 0 Å². The highest BCUT2D eigenvalue weighted by Gasteiger charge is 2.40. The summed E-state index contributed by atoms with van der Waals surface area (Å²) in [5.74, 6) is 0.0611. The molecule has 8 nitrogen and oxygen atoms in total. The highest BCUT2D eigenvalue weighted by atomic mass is 16.6. The van der Waals surface area contributed by atoms with E-state index in [1.807, 2.05) is 6.08 Å². The Bertz CT molecular complexity index is 1000. The van der Waals surface area contributed by atoms with E-state index in [1.54, 1.807) is 13.0 Å². The minimum absolute atomic E-state index is 0.0173. The van der Waals surface area contributed by atoms with Gasteiger partial charge in [-0.25, -0.2) is 0 Å². The topological polar surface area (TPSA) is 119 Å². The summed E-state index contributed by atoms with van der Waals surface area (Å²) in [6.45, 7) is 1.69. The quantitative estimate of drug-likeness (QED) is 0.473. The molecule has 0 amide bonds. The molecule has 1 heterocycles. The van der Waals surface area contributed by atoms with Gasteiger partial charge in [-0.2, -0.15) is 0 Å². The summed E-state index contributed by atoms with van der Waals surface area (Å²) >= 11 is 0. The van der Waals surface area contributed by atoms with Crippen molar-refractivity contribution >= 4 is 17.1 Å². The molecule has 0 spiro atoms. The molecule has 1 aliphatic carbocycles. The molecule has 0 saturated heterocycles. The first-order chi connectivity index (χ1) is 12.9. The van der Waals surface area contributed by atoms with Crippen LogP contribution in [-0.2, 0) is 0 Å². The van der Waals surface area contributed by atoms with Crippen molar-refractivity contribution in [3.63, 3.8) is 0 Å². The molecule has 0 saturated carbocycles. The number of rotatable bonds is 3. The summed E-state index contributed by atoms with van der Waals surface area (Å²) < 4.78 is 0. The molecule has 2 aliphatic rings. The van der Waals surface area contributed by atoms with Crippen LogP contribution in [0.3, 0.4) is 0 Å². The number of nitrogens with zero attached hydrogens (tertiary/aromatic N) is 2. The van der Waals surface area contributed by atoms with E-state index in [9.17, 15) is 25.3 Å². The van der Waals surface area contributed by atoms with Crippen molar-refractivity contribution in [1.82, 2.24) is 0 Å². The van der Waals surface area contributed by atoms with E-state index < -0.39 is 15.9 Å². The Morgan fingerprint density at radius 3 is 2.59 bits per heavy atom. The molecule has 2 aromatic carbocycles. The number of non-ortho nitro benzene ring substituents is 1. The van der Waals surface area contributed by atoms with Crippen molar-refractivity contribution in [2.24, 2.45) is 5.92 Å². The molecular formula is C19H17N3O5. The molecular weight excluding hydrogens is 350 g/mol. The lowest BCUT2D eigenvalue weighted by molar-refractivity contribution is -0.385. The first kappa shape index (κ1) is 17.0. The van der Waals surface area contributed by atoms with Crippen molar-refractivity contribution in [2.75, 3.05) is 5.32 Å². The number of fused-ring (bicyclic) bond motifs is 3. The van der Waals surface area contributed by atoms with E-state index in [2.05, 4.69) is 11.4 Å². The molecule has 0 radical (unpaired) electrons. The third-order valence-electron chi connectivity index (χ3n) is 5.52. The fourth-order valence-corrected chi connectivity index (χ4v) is 4.21. The van der Waals surface area contributed by atoms with Crippen LogP contribution >= 0.6 is 0 Å². The van der Waals surface area contributed by atoms with Crippen LogP contribution in [0.4, 0.5) is 17.1 Å². The van der Waals surface area contributed by atoms with Gasteiger partial charge in [0.2, 0.25) is 0 Å². The average Bonchev–Trinajstić information content (AvgIpc) is 3.11. The van der Waals surface area contributed by atoms with Crippen LogP contribution in [0, 0.1) is 33.1 Å². The molecule has 0 aromatic heterocycles. The number of nitro benzene ring substituents is 2. The molecule has 27 heavy (non-hydrogen) atoms. The Kier molecular flexibility index (Phi) is 3.83. The van der Waals surface area contributed by atoms with Gasteiger partial charge in [0.1, 0.15) is 5.75 Å². The summed E-state index contributed by atoms with van der Waals surface area (Å²) in [4.78, 5) is 21.5. The van der Waals surface area contributed by atoms with Crippen molar-refractivity contribution in [3.8, 4) is 5.75 Å². The maximum absolute atomic E-state index is 11.3. The first-order valence-corrected chi connectivity index (χ1v) is 8.57. The number of phenolic OH excluding ortho intramolecular Hbond substituents is 1. The summed E-state index contributed by atoms with van der Waals surface area (Å²) in [5, 5.41) is 36.2. The SMILES string of the molecule is Cc1c([N+](=O)[O-])ccc2c1NC(c1cc([N+](=O)[O-])ccc1O)C1CC=CC21. The highest BCUT2D eigenvalue weighted by Crippen LogP contribution is 2.53. The molecule has 0 fully saturated rings. The molecule has 2 aromatic rings. The van der Waals surface area contributed by atoms with Gasteiger partial charge in [0.15, 0.2) is 0 Å². The molecule has 0 bridgehead atoms. The number of aromatic hydroxyl groups is 1. The van der Waals surface area contributed by atoms with Gasteiger partial charge >= 0.3 is 0 Å². The third-order valence-corrected chi connectivity index (χ3v) is 5.52. The molecule has 1 aliphatic heterocycles. The van der Waals surface area contributed by atoms with Crippen molar-refractivity contribution in [3.05, 3.63) is 79.4 Å². The lowest BCUT2D eigenvalue weighted by atomic mass is 9.76. The van der Waals surface area contributed by atoms with Crippen LogP contribution in [0.2, 0.25) is 0 Å². The first-order valence-electron chi connectivity index (χ1n) is 8.57. The fourth-order valence-electron chi connectivity index (χ4n) is 4.21. The predicted molar refractivity (Wildman–Crippen MR) is 98.9 cm³/mol. The number of nitrogens with one attached hydrogen (secondary N) is 1. The Hall–Kier alpha value is -3.42. The number of allylic oxidation sites excluding steroid dienone is 2. The number of benzene rings is 2. The van der Waals surface area contributed by atoms with E-state index in [0.29, 0.717) is 16.8 Å². The van der Waals surface area contributed by atoms with E-state index in [0.717, 1.165) is 12.0 Å². The van der Waals surface area contributed by atoms with Crippen LogP contribution in [0.15, 0.2) is 42.5 Å². The molecule has 2 N–H and O–H groups in total. The minimum Gasteiger partial charge on any atom is -0.508 e. The van der Waals surface area contributed by atoms with Crippen LogP contribution in [0.1, 0.15) is 35.1 Å². The second-order valence-corrected chi connectivity index (χ2v) is 6.91. The van der Waals surface area contributed by atoms with Gasteiger partial charge in [0, 0.05) is 35.4 Å². The van der Waals surface area contributed by atoms with Crippen LogP contribution in [-0.4, -0.2) is 15.0 Å². The third kappa shape index (κ3) is 2.61. The standard InChI is InChI=1S/C19H17N3O5/c1-10-16(22(26)27)7-6-14-12-3-2-4-13(12)19(20-18(10)14)15-9-11(21(24)25)5-8-17(15)23/h2-3,5-9,12-13,19-20,23H,4H2,1H3. The largest absolute Gasteiger partial charge is 0.508 e. The normalized spacial score (nSPS) is 22.6. The minimum atomic E-state index is -0.500. The number of nitro groups is 2. The van der Waals surface area contributed by atoms with Gasteiger partial charge in [-0.3, -0.25) is 20.2 Å². The Morgan fingerprint density at radius 2 is 1.89 bits per heavy atom. The van der Waals surface area contributed by atoms with Gasteiger partial charge in [-0.05, 0) is 37.0 Å². The van der Waals surface area contributed by atoms with Gasteiger partial charge in [0.05, 0.1) is 21.5 Å². The summed E-state index contributed by atoms with van der Waals surface area (Å²) in [6, 6.07) is 6.85. The lowest BCUT2D eigenvalue weighted by Crippen LogP contribution is -2.29. The summed E-state index contributed by atoms with van der Waals surface area (Å²) in [6.07, 6.45) is 4.86. The van der Waals surface area contributed by atoms with Gasteiger partial charge in [0.25, 0.3) is 11.4 Å². The maximum Gasteiger partial charge on any atom is 0.274 e. The number of hydrogen-bond donors (Lipinski definition) is 2. The van der Waals surface area contributed by atoms with Gasteiger partial charge in [-0.15, -0.1) is 0 Å². The zero-order valence-electron chi connectivity index (χ0n) is 14.5. The van der Waals surface area contributed by atoms with E-state index in [-0.39, 0.29) is 29.0 Å². The van der Waals surface area contributed by atoms with Gasteiger partial charge < -0.3 is 10.4 Å². The molecule has 4 rings (SSSR count). The zero-order valence-corrected chi connectivity index (χ0v) is 14.5. The smallest absolute Gasteiger partial charge is 0.274 e. The summed E-state index contributed by atoms with van der Waals surface area (Å²) in [5.41, 5.74) is 2.49. The van der Waals surface area contributed by atoms with Crippen molar-refractivity contribution in [1.29, 1.82) is 0 Å². The molecule has 3 atom stereocenters. The van der Waals surface area contributed by atoms with Crippen molar-refractivity contribution < 1.29 is 15.0 Å². The Balaban J connectivity index is 1.86. The number of hydrogen-bond acceptors (Lipinski definition) is 6.